The number of hydroxylamine groups is 1. The van der Waals surface area contributed by atoms with Crippen LogP contribution in [0, 0.1) is 12.5 Å². The van der Waals surface area contributed by atoms with E-state index in [0.717, 1.165) is 5.56 Å². The average molecular weight is 359 g/mol. The van der Waals surface area contributed by atoms with Crippen LogP contribution in [0.4, 0.5) is 0 Å². The number of hydrogen-bond donors (Lipinski definition) is 2. The van der Waals surface area contributed by atoms with Crippen molar-refractivity contribution in [1.29, 1.82) is 0 Å². The molecule has 2 fully saturated rings. The number of benzene rings is 1. The Balaban J connectivity index is 1.74. The van der Waals surface area contributed by atoms with Crippen LogP contribution in [-0.4, -0.2) is 49.4 Å². The van der Waals surface area contributed by atoms with Gasteiger partial charge in [0.25, 0.3) is 11.4 Å². The summed E-state index contributed by atoms with van der Waals surface area (Å²) in [6.45, 7) is 9.87. The number of piperidine rings is 1. The molecule has 0 bridgehead atoms. The van der Waals surface area contributed by atoms with E-state index in [-0.39, 0.29) is 6.54 Å². The smallest absolute Gasteiger partial charge is 0.260 e. The molecular formula is C19H25N3O4. The molecule has 140 valence electrons. The molecule has 1 aliphatic heterocycles. The largest absolute Gasteiger partial charge is 0.493 e. The molecule has 1 aromatic rings. The molecule has 2 N–H and O–H groups in total. The SMILES string of the molecule is [C-]#[N+]C1(c2ccc(OC)c(OCC3CC3)c2)CCN(CC(=O)NO)CC1. The van der Waals surface area contributed by atoms with E-state index in [1.165, 1.54) is 12.8 Å². The molecule has 2 aliphatic rings. The highest BCUT2D eigenvalue weighted by molar-refractivity contribution is 5.76. The van der Waals surface area contributed by atoms with E-state index in [0.29, 0.717) is 50.0 Å². The third-order valence-electron chi connectivity index (χ3n) is 5.26. The van der Waals surface area contributed by atoms with Gasteiger partial charge < -0.3 is 14.3 Å². The van der Waals surface area contributed by atoms with E-state index in [2.05, 4.69) is 4.85 Å². The highest BCUT2D eigenvalue weighted by atomic mass is 16.5. The Morgan fingerprint density at radius 1 is 1.38 bits per heavy atom. The van der Waals surface area contributed by atoms with Crippen LogP contribution in [0.5, 0.6) is 11.5 Å². The summed E-state index contributed by atoms with van der Waals surface area (Å²) in [4.78, 5) is 17.2. The van der Waals surface area contributed by atoms with Crippen LogP contribution in [0.15, 0.2) is 18.2 Å². The van der Waals surface area contributed by atoms with Gasteiger partial charge in [-0.05, 0) is 37.0 Å². The molecule has 0 spiro atoms. The molecule has 26 heavy (non-hydrogen) atoms. The van der Waals surface area contributed by atoms with Crippen molar-refractivity contribution >= 4 is 5.91 Å². The fraction of sp³-hybridized carbons (Fsp3) is 0.579. The Morgan fingerprint density at radius 3 is 2.69 bits per heavy atom. The Kier molecular flexibility index (Phi) is 5.64. The fourth-order valence-corrected chi connectivity index (χ4v) is 3.36. The van der Waals surface area contributed by atoms with E-state index >= 15 is 0 Å². The third kappa shape index (κ3) is 4.09. The Bertz CT molecular complexity index is 689. The zero-order valence-corrected chi connectivity index (χ0v) is 15.0. The van der Waals surface area contributed by atoms with Gasteiger partial charge in [0, 0.05) is 31.5 Å². The Morgan fingerprint density at radius 2 is 2.12 bits per heavy atom. The molecule has 3 rings (SSSR count). The third-order valence-corrected chi connectivity index (χ3v) is 5.26. The number of methoxy groups -OCH3 is 1. The Hall–Kier alpha value is -2.30. The van der Waals surface area contributed by atoms with E-state index < -0.39 is 11.4 Å². The zero-order valence-electron chi connectivity index (χ0n) is 15.0. The van der Waals surface area contributed by atoms with Crippen molar-refractivity contribution < 1.29 is 19.5 Å². The van der Waals surface area contributed by atoms with E-state index in [1.54, 1.807) is 12.6 Å². The first-order valence-electron chi connectivity index (χ1n) is 8.95. The lowest BCUT2D eigenvalue weighted by Gasteiger charge is -2.33. The van der Waals surface area contributed by atoms with Crippen molar-refractivity contribution in [2.24, 2.45) is 5.92 Å². The summed E-state index contributed by atoms with van der Waals surface area (Å²) in [5.74, 6) is 1.59. The molecule has 1 saturated carbocycles. The van der Waals surface area contributed by atoms with Crippen molar-refractivity contribution in [1.82, 2.24) is 10.4 Å². The van der Waals surface area contributed by atoms with Crippen LogP contribution < -0.4 is 15.0 Å². The predicted octanol–water partition coefficient (Wildman–Crippen LogP) is 2.20. The van der Waals surface area contributed by atoms with Crippen molar-refractivity contribution in [2.75, 3.05) is 33.4 Å². The maximum Gasteiger partial charge on any atom is 0.260 e. The molecule has 1 saturated heterocycles. The topological polar surface area (TPSA) is 75.4 Å². The lowest BCUT2D eigenvalue weighted by Crippen LogP contribution is -2.44. The number of rotatable bonds is 7. The highest BCUT2D eigenvalue weighted by Crippen LogP contribution is 2.41. The summed E-state index contributed by atoms with van der Waals surface area (Å²) in [6, 6.07) is 5.75. The number of carbonyl (C=O) groups is 1. The number of nitrogens with zero attached hydrogens (tertiary/aromatic N) is 2. The molecule has 7 heteroatoms. The van der Waals surface area contributed by atoms with Gasteiger partial charge in [-0.2, -0.15) is 0 Å². The van der Waals surface area contributed by atoms with Crippen molar-refractivity contribution in [3.8, 4) is 11.5 Å². The van der Waals surface area contributed by atoms with Crippen LogP contribution in [-0.2, 0) is 10.3 Å². The fourth-order valence-electron chi connectivity index (χ4n) is 3.36. The summed E-state index contributed by atoms with van der Waals surface area (Å²) in [7, 11) is 1.62. The zero-order chi connectivity index (χ0) is 18.6. The standard InChI is InChI=1S/C19H25N3O4/c1-20-19(7-9-22(10-8-19)12-18(23)21-24)15-5-6-16(25-2)17(11-15)26-13-14-3-4-14/h5-6,11,14,24H,3-4,7-10,12-13H2,2H3,(H,21,23). The predicted molar refractivity (Wildman–Crippen MR) is 95.1 cm³/mol. The molecule has 1 aliphatic carbocycles. The minimum Gasteiger partial charge on any atom is -0.493 e. The van der Waals surface area contributed by atoms with E-state index in [4.69, 9.17) is 21.3 Å². The Labute approximate surface area is 153 Å². The summed E-state index contributed by atoms with van der Waals surface area (Å²) in [5, 5.41) is 8.67. The molecule has 1 amide bonds. The normalized spacial score (nSPS) is 19.4. The number of ether oxygens (including phenoxy) is 2. The first kappa shape index (κ1) is 18.5. The van der Waals surface area contributed by atoms with Gasteiger partial charge in [-0.25, -0.2) is 12.1 Å². The van der Waals surface area contributed by atoms with Gasteiger partial charge in [0.2, 0.25) is 0 Å². The van der Waals surface area contributed by atoms with Gasteiger partial charge in [-0.15, -0.1) is 0 Å². The molecule has 0 atom stereocenters. The van der Waals surface area contributed by atoms with Gasteiger partial charge in [0.05, 0.1) is 20.3 Å². The lowest BCUT2D eigenvalue weighted by atomic mass is 9.81. The van der Waals surface area contributed by atoms with Crippen LogP contribution in [0.2, 0.25) is 0 Å². The van der Waals surface area contributed by atoms with Gasteiger partial charge in [0.1, 0.15) is 0 Å². The van der Waals surface area contributed by atoms with Crippen molar-refractivity contribution in [2.45, 2.75) is 31.2 Å². The highest BCUT2D eigenvalue weighted by Gasteiger charge is 2.43. The van der Waals surface area contributed by atoms with Crippen molar-refractivity contribution in [3.05, 3.63) is 35.2 Å². The van der Waals surface area contributed by atoms with Crippen molar-refractivity contribution in [3.63, 3.8) is 0 Å². The molecule has 0 radical (unpaired) electrons. The van der Waals surface area contributed by atoms with E-state index in [1.807, 2.05) is 23.1 Å². The molecule has 0 aromatic heterocycles. The molecule has 1 heterocycles. The summed E-state index contributed by atoms with van der Waals surface area (Å²) >= 11 is 0. The number of nitrogens with one attached hydrogen (secondary N) is 1. The van der Waals surface area contributed by atoms with Crippen LogP contribution >= 0.6 is 0 Å². The van der Waals surface area contributed by atoms with Gasteiger partial charge in [-0.3, -0.25) is 14.9 Å². The molecule has 1 aromatic carbocycles. The maximum absolute atomic E-state index is 11.3. The molecule has 7 nitrogen and oxygen atoms in total. The summed E-state index contributed by atoms with van der Waals surface area (Å²) in [5.41, 5.74) is 1.98. The number of carbonyl (C=O) groups excluding carboxylic acids is 1. The summed E-state index contributed by atoms with van der Waals surface area (Å²) in [6.07, 6.45) is 3.68. The first-order chi connectivity index (χ1) is 12.6. The second-order valence-electron chi connectivity index (χ2n) is 7.07. The average Bonchev–Trinajstić information content (AvgIpc) is 3.51. The quantitative estimate of drug-likeness (QED) is 0.443. The lowest BCUT2D eigenvalue weighted by molar-refractivity contribution is -0.130. The number of amides is 1. The maximum atomic E-state index is 11.3. The van der Waals surface area contributed by atoms with Gasteiger partial charge >= 0.3 is 0 Å². The van der Waals surface area contributed by atoms with Crippen LogP contribution in [0.25, 0.3) is 4.85 Å². The van der Waals surface area contributed by atoms with Crippen LogP contribution in [0.3, 0.4) is 0 Å². The van der Waals surface area contributed by atoms with Gasteiger partial charge in [0.15, 0.2) is 11.5 Å². The second kappa shape index (κ2) is 7.94. The molecule has 0 unspecified atom stereocenters. The minimum atomic E-state index is -0.615. The van der Waals surface area contributed by atoms with E-state index in [9.17, 15) is 4.79 Å². The number of hydrogen-bond acceptors (Lipinski definition) is 5. The monoisotopic (exact) mass is 359 g/mol. The minimum absolute atomic E-state index is 0.142. The number of likely N-dealkylation sites (tertiary alicyclic amines) is 1. The van der Waals surface area contributed by atoms with Crippen LogP contribution in [0.1, 0.15) is 31.2 Å². The first-order valence-corrected chi connectivity index (χ1v) is 8.95. The summed E-state index contributed by atoms with van der Waals surface area (Å²) < 4.78 is 11.3. The second-order valence-corrected chi connectivity index (χ2v) is 7.07. The van der Waals surface area contributed by atoms with Gasteiger partial charge in [-0.1, -0.05) is 0 Å². The molecular weight excluding hydrogens is 334 g/mol.